The average Bonchev–Trinajstić information content (AvgIpc) is 2.86. The smallest absolute Gasteiger partial charge is 0.224 e. The molecule has 1 aliphatic rings. The van der Waals surface area contributed by atoms with Crippen LogP contribution in [0.4, 0.5) is 0 Å². The van der Waals surface area contributed by atoms with Crippen LogP contribution in [-0.4, -0.2) is 36.7 Å². The number of carbonyl (C=O) groups is 2. The first-order valence-corrected chi connectivity index (χ1v) is 4.58. The highest BCUT2D eigenvalue weighted by Gasteiger charge is 2.30. The van der Waals surface area contributed by atoms with E-state index in [1.54, 1.807) is 7.05 Å². The van der Waals surface area contributed by atoms with Gasteiger partial charge in [0.05, 0.1) is 6.54 Å². The van der Waals surface area contributed by atoms with Crippen molar-refractivity contribution in [2.45, 2.75) is 25.3 Å². The lowest BCUT2D eigenvalue weighted by Crippen LogP contribution is -2.35. The molecule has 0 aromatic heterocycles. The van der Waals surface area contributed by atoms with Crippen LogP contribution in [0.1, 0.15) is 19.3 Å². The molecule has 0 unspecified atom stereocenters. The minimum absolute atomic E-state index is 0.0124. The van der Waals surface area contributed by atoms with Crippen molar-refractivity contribution in [1.29, 1.82) is 0 Å². The van der Waals surface area contributed by atoms with E-state index in [1.165, 1.54) is 4.90 Å². The van der Waals surface area contributed by atoms with E-state index in [0.717, 1.165) is 19.1 Å². The van der Waals surface area contributed by atoms with E-state index in [4.69, 9.17) is 5.73 Å². The fourth-order valence-electron chi connectivity index (χ4n) is 1.26. The first-order chi connectivity index (χ1) is 6.15. The zero-order chi connectivity index (χ0) is 9.84. The van der Waals surface area contributed by atoms with Gasteiger partial charge in [-0.25, -0.2) is 0 Å². The lowest BCUT2D eigenvalue weighted by molar-refractivity contribution is -0.132. The first kappa shape index (κ1) is 10.2. The van der Waals surface area contributed by atoms with Gasteiger partial charge in [-0.3, -0.25) is 4.79 Å². The second kappa shape index (κ2) is 4.37. The minimum Gasteiger partial charge on any atom is -0.339 e. The fraction of sp³-hybridized carbons (Fsp3) is 0.778. The summed E-state index contributed by atoms with van der Waals surface area (Å²) in [5.41, 5.74) is 5.78. The van der Waals surface area contributed by atoms with E-state index in [2.05, 4.69) is 0 Å². The number of nitrogens with zero attached hydrogens (tertiary/aromatic N) is 1. The molecule has 0 aromatic carbocycles. The summed E-state index contributed by atoms with van der Waals surface area (Å²) < 4.78 is 0. The number of hydrogen-bond donors (Lipinski definition) is 1. The Morgan fingerprint density at radius 3 is 2.77 bits per heavy atom. The maximum absolute atomic E-state index is 11.4. The molecule has 2 N–H and O–H groups in total. The van der Waals surface area contributed by atoms with Crippen LogP contribution in [0.15, 0.2) is 0 Å². The van der Waals surface area contributed by atoms with Gasteiger partial charge in [-0.15, -0.1) is 0 Å². The summed E-state index contributed by atoms with van der Waals surface area (Å²) in [6, 6.07) is -0.0124. The predicted molar refractivity (Wildman–Crippen MR) is 49.0 cm³/mol. The third kappa shape index (κ3) is 3.14. The molecule has 1 amide bonds. The lowest BCUT2D eigenvalue weighted by atomic mass is 10.1. The van der Waals surface area contributed by atoms with Gasteiger partial charge >= 0.3 is 0 Å². The molecule has 4 nitrogen and oxygen atoms in total. The topological polar surface area (TPSA) is 63.4 Å². The van der Waals surface area contributed by atoms with E-state index in [-0.39, 0.29) is 18.5 Å². The quantitative estimate of drug-likeness (QED) is 0.600. The molecule has 1 saturated carbocycles. The number of rotatable bonds is 5. The molecule has 1 fully saturated rings. The normalized spacial score (nSPS) is 18.0. The number of carbonyl (C=O) groups excluding carboxylic acids is 2. The number of amides is 1. The molecule has 0 heterocycles. The Labute approximate surface area is 78.1 Å². The molecule has 0 saturated heterocycles. The standard InChI is InChI=1S/C9H16N2O2/c1-11(4-5-12)9(13)6-8(10)7-2-3-7/h5,7-8H,2-4,6,10H2,1H3/t8-/m0/s1. The highest BCUT2D eigenvalue weighted by Crippen LogP contribution is 2.32. The summed E-state index contributed by atoms with van der Waals surface area (Å²) in [7, 11) is 1.62. The van der Waals surface area contributed by atoms with Crippen LogP contribution in [0, 0.1) is 5.92 Å². The van der Waals surface area contributed by atoms with Crippen molar-refractivity contribution in [3.05, 3.63) is 0 Å². The maximum Gasteiger partial charge on any atom is 0.224 e. The van der Waals surface area contributed by atoms with Crippen LogP contribution in [0.2, 0.25) is 0 Å². The summed E-state index contributed by atoms with van der Waals surface area (Å²) in [6.45, 7) is 0.163. The molecule has 13 heavy (non-hydrogen) atoms. The number of hydrogen-bond acceptors (Lipinski definition) is 3. The molecule has 4 heteroatoms. The van der Waals surface area contributed by atoms with Crippen molar-refractivity contribution in [2.24, 2.45) is 11.7 Å². The average molecular weight is 184 g/mol. The molecule has 74 valence electrons. The Morgan fingerprint density at radius 2 is 2.31 bits per heavy atom. The van der Waals surface area contributed by atoms with Crippen LogP contribution < -0.4 is 5.73 Å². The van der Waals surface area contributed by atoms with Crippen LogP contribution in [0.5, 0.6) is 0 Å². The molecule has 1 atom stereocenters. The second-order valence-electron chi connectivity index (χ2n) is 3.65. The van der Waals surface area contributed by atoms with Gasteiger partial charge in [0.15, 0.2) is 0 Å². The largest absolute Gasteiger partial charge is 0.339 e. The Morgan fingerprint density at radius 1 is 1.69 bits per heavy atom. The van der Waals surface area contributed by atoms with Gasteiger partial charge in [-0.1, -0.05) is 0 Å². The number of aldehydes is 1. The molecule has 0 aliphatic heterocycles. The van der Waals surface area contributed by atoms with Crippen molar-refractivity contribution in [1.82, 2.24) is 4.90 Å². The Bertz CT molecular complexity index is 202. The van der Waals surface area contributed by atoms with Gasteiger partial charge in [-0.05, 0) is 18.8 Å². The molecule has 1 aliphatic carbocycles. The predicted octanol–water partition coefficient (Wildman–Crippen LogP) is -0.229. The SMILES string of the molecule is CN(CC=O)C(=O)C[C@H](N)C1CC1. The Hall–Kier alpha value is -0.900. The summed E-state index contributed by atoms with van der Waals surface area (Å²) in [5.74, 6) is 0.500. The minimum atomic E-state index is -0.0356. The summed E-state index contributed by atoms with van der Waals surface area (Å²) in [6.07, 6.45) is 3.38. The third-order valence-corrected chi connectivity index (χ3v) is 2.41. The van der Waals surface area contributed by atoms with Crippen LogP contribution >= 0.6 is 0 Å². The molecule has 0 radical (unpaired) electrons. The lowest BCUT2D eigenvalue weighted by Gasteiger charge is -2.16. The molecule has 0 aromatic rings. The maximum atomic E-state index is 11.4. The summed E-state index contributed by atoms with van der Waals surface area (Å²) in [4.78, 5) is 22.9. The van der Waals surface area contributed by atoms with Crippen molar-refractivity contribution < 1.29 is 9.59 Å². The van der Waals surface area contributed by atoms with Crippen molar-refractivity contribution >= 4 is 12.2 Å². The highest BCUT2D eigenvalue weighted by atomic mass is 16.2. The second-order valence-corrected chi connectivity index (χ2v) is 3.65. The van der Waals surface area contributed by atoms with E-state index in [0.29, 0.717) is 12.3 Å². The van der Waals surface area contributed by atoms with Gasteiger partial charge < -0.3 is 15.4 Å². The summed E-state index contributed by atoms with van der Waals surface area (Å²) >= 11 is 0. The van der Waals surface area contributed by atoms with Gasteiger partial charge in [0.25, 0.3) is 0 Å². The van der Waals surface area contributed by atoms with Crippen molar-refractivity contribution in [3.8, 4) is 0 Å². The van der Waals surface area contributed by atoms with E-state index < -0.39 is 0 Å². The van der Waals surface area contributed by atoms with Gasteiger partial charge in [-0.2, -0.15) is 0 Å². The molecule has 0 bridgehead atoms. The zero-order valence-corrected chi connectivity index (χ0v) is 7.90. The van der Waals surface area contributed by atoms with E-state index in [9.17, 15) is 9.59 Å². The Kier molecular flexibility index (Phi) is 3.42. The number of nitrogens with two attached hydrogens (primary N) is 1. The van der Waals surface area contributed by atoms with Gasteiger partial charge in [0.1, 0.15) is 6.29 Å². The summed E-state index contributed by atoms with van der Waals surface area (Å²) in [5, 5.41) is 0. The van der Waals surface area contributed by atoms with Crippen molar-refractivity contribution in [3.63, 3.8) is 0 Å². The van der Waals surface area contributed by atoms with Crippen LogP contribution in [-0.2, 0) is 9.59 Å². The zero-order valence-electron chi connectivity index (χ0n) is 7.90. The fourth-order valence-corrected chi connectivity index (χ4v) is 1.26. The van der Waals surface area contributed by atoms with Crippen molar-refractivity contribution in [2.75, 3.05) is 13.6 Å². The van der Waals surface area contributed by atoms with E-state index >= 15 is 0 Å². The third-order valence-electron chi connectivity index (χ3n) is 2.41. The van der Waals surface area contributed by atoms with Crippen LogP contribution in [0.25, 0.3) is 0 Å². The Balaban J connectivity index is 2.25. The molecule has 1 rings (SSSR count). The highest BCUT2D eigenvalue weighted by molar-refractivity contribution is 5.78. The van der Waals surface area contributed by atoms with E-state index in [1.807, 2.05) is 0 Å². The first-order valence-electron chi connectivity index (χ1n) is 4.58. The molecular weight excluding hydrogens is 168 g/mol. The van der Waals surface area contributed by atoms with Crippen LogP contribution in [0.3, 0.4) is 0 Å². The monoisotopic (exact) mass is 184 g/mol. The molecule has 0 spiro atoms. The molecular formula is C9H16N2O2. The number of likely N-dealkylation sites (N-methyl/N-ethyl adjacent to an activating group) is 1. The van der Waals surface area contributed by atoms with Gasteiger partial charge in [0, 0.05) is 19.5 Å². The van der Waals surface area contributed by atoms with Gasteiger partial charge in [0.2, 0.25) is 5.91 Å².